The average Bonchev–Trinajstić information content (AvgIpc) is 2.83. The molecule has 1 aliphatic rings. The Morgan fingerprint density at radius 2 is 2.10 bits per heavy atom. The van der Waals surface area contributed by atoms with E-state index >= 15 is 0 Å². The number of amides is 1. The Bertz CT molecular complexity index is 530. The molecule has 0 spiro atoms. The van der Waals surface area contributed by atoms with Crippen LogP contribution in [-0.4, -0.2) is 35.0 Å². The predicted molar refractivity (Wildman–Crippen MR) is 86.0 cm³/mol. The molecular weight excluding hydrogens is 286 g/mol. The zero-order valence-electron chi connectivity index (χ0n) is 12.4. The second-order valence-corrected chi connectivity index (χ2v) is 6.79. The summed E-state index contributed by atoms with van der Waals surface area (Å²) in [6, 6.07) is 7.29. The van der Waals surface area contributed by atoms with Crippen molar-refractivity contribution in [1.29, 1.82) is 0 Å². The number of fused-ring (bicyclic) bond motifs is 1. The monoisotopic (exact) mass is 307 g/mol. The lowest BCUT2D eigenvalue weighted by atomic mass is 10.0. The van der Waals surface area contributed by atoms with Gasteiger partial charge in [-0.15, -0.1) is 0 Å². The molecule has 1 amide bonds. The van der Waals surface area contributed by atoms with E-state index in [2.05, 4.69) is 13.8 Å². The molecule has 5 heteroatoms. The summed E-state index contributed by atoms with van der Waals surface area (Å²) in [6.45, 7) is 4.57. The summed E-state index contributed by atoms with van der Waals surface area (Å²) in [7, 11) is 0. The Morgan fingerprint density at radius 3 is 2.76 bits per heavy atom. The van der Waals surface area contributed by atoms with Crippen molar-refractivity contribution in [3.63, 3.8) is 0 Å². The van der Waals surface area contributed by atoms with Crippen molar-refractivity contribution in [2.75, 3.05) is 23.0 Å². The van der Waals surface area contributed by atoms with Gasteiger partial charge in [0.25, 0.3) is 0 Å². The second-order valence-electron chi connectivity index (χ2n) is 5.69. The van der Waals surface area contributed by atoms with Crippen LogP contribution in [0.1, 0.15) is 31.7 Å². The first-order valence-corrected chi connectivity index (χ1v) is 8.36. The Morgan fingerprint density at radius 1 is 1.38 bits per heavy atom. The number of anilines is 1. The van der Waals surface area contributed by atoms with Crippen LogP contribution in [0.3, 0.4) is 0 Å². The second kappa shape index (κ2) is 6.98. The van der Waals surface area contributed by atoms with Crippen molar-refractivity contribution in [3.8, 4) is 0 Å². The van der Waals surface area contributed by atoms with Gasteiger partial charge in [0.2, 0.25) is 5.91 Å². The minimum Gasteiger partial charge on any atom is -0.481 e. The van der Waals surface area contributed by atoms with E-state index in [-0.39, 0.29) is 12.5 Å². The smallest absolute Gasteiger partial charge is 0.312 e. The number of carboxylic acid groups (broad SMARTS) is 1. The summed E-state index contributed by atoms with van der Waals surface area (Å²) in [6.07, 6.45) is 1.09. The first-order chi connectivity index (χ1) is 10.0. The van der Waals surface area contributed by atoms with Gasteiger partial charge in [-0.2, -0.15) is 11.8 Å². The van der Waals surface area contributed by atoms with Crippen LogP contribution in [0.5, 0.6) is 0 Å². The lowest BCUT2D eigenvalue weighted by Crippen LogP contribution is -2.32. The molecule has 4 nitrogen and oxygen atoms in total. The van der Waals surface area contributed by atoms with E-state index in [1.165, 1.54) is 0 Å². The molecule has 1 atom stereocenters. The van der Waals surface area contributed by atoms with Crippen LogP contribution in [0.15, 0.2) is 24.3 Å². The molecule has 1 unspecified atom stereocenters. The van der Waals surface area contributed by atoms with Crippen LogP contribution in [-0.2, 0) is 9.59 Å². The number of carbonyl (C=O) groups is 2. The molecule has 1 heterocycles. The van der Waals surface area contributed by atoms with Gasteiger partial charge in [0.05, 0.1) is 5.75 Å². The molecule has 0 saturated heterocycles. The lowest BCUT2D eigenvalue weighted by molar-refractivity contribution is -0.138. The molecule has 0 fully saturated rings. The van der Waals surface area contributed by atoms with Gasteiger partial charge in [0, 0.05) is 12.2 Å². The number of hydrogen-bond acceptors (Lipinski definition) is 3. The van der Waals surface area contributed by atoms with Gasteiger partial charge < -0.3 is 10.0 Å². The molecule has 2 rings (SSSR count). The van der Waals surface area contributed by atoms with Crippen molar-refractivity contribution in [2.45, 2.75) is 26.2 Å². The predicted octanol–water partition coefficient (Wildman–Crippen LogP) is 2.98. The van der Waals surface area contributed by atoms with E-state index in [9.17, 15) is 14.7 Å². The minimum atomic E-state index is -0.870. The molecule has 0 radical (unpaired) electrons. The molecule has 1 N–H and O–H groups in total. The van der Waals surface area contributed by atoms with E-state index < -0.39 is 11.9 Å². The van der Waals surface area contributed by atoms with Crippen LogP contribution < -0.4 is 4.90 Å². The van der Waals surface area contributed by atoms with Gasteiger partial charge in [-0.1, -0.05) is 32.0 Å². The number of para-hydroxylation sites is 1. The third-order valence-corrected chi connectivity index (χ3v) is 4.61. The van der Waals surface area contributed by atoms with Crippen molar-refractivity contribution < 1.29 is 14.7 Å². The standard InChI is InChI=1S/C16H21NO3S/c1-11(2)7-8-21-10-15(18)17-9-13(16(19)20)12-5-3-4-6-14(12)17/h3-6,11,13H,7-10H2,1-2H3,(H,19,20). The van der Waals surface area contributed by atoms with Gasteiger partial charge in [-0.05, 0) is 29.7 Å². The molecule has 0 saturated carbocycles. The quantitative estimate of drug-likeness (QED) is 0.821. The highest BCUT2D eigenvalue weighted by Gasteiger charge is 2.35. The van der Waals surface area contributed by atoms with Gasteiger partial charge >= 0.3 is 5.97 Å². The van der Waals surface area contributed by atoms with Crippen molar-refractivity contribution >= 4 is 29.3 Å². The summed E-state index contributed by atoms with van der Waals surface area (Å²) in [4.78, 5) is 25.3. The van der Waals surface area contributed by atoms with Crippen LogP contribution in [0, 0.1) is 5.92 Å². The maximum Gasteiger partial charge on any atom is 0.312 e. The third kappa shape index (κ3) is 3.79. The highest BCUT2D eigenvalue weighted by Crippen LogP contribution is 2.36. The van der Waals surface area contributed by atoms with Gasteiger partial charge in [-0.3, -0.25) is 9.59 Å². The summed E-state index contributed by atoms with van der Waals surface area (Å²) in [5, 5.41) is 9.29. The fourth-order valence-electron chi connectivity index (χ4n) is 2.41. The highest BCUT2D eigenvalue weighted by atomic mass is 32.2. The van der Waals surface area contributed by atoms with Crippen LogP contribution in [0.25, 0.3) is 0 Å². The van der Waals surface area contributed by atoms with Gasteiger partial charge in [0.1, 0.15) is 5.92 Å². The van der Waals surface area contributed by atoms with Gasteiger partial charge in [-0.25, -0.2) is 0 Å². The number of carboxylic acids is 1. The third-order valence-electron chi connectivity index (χ3n) is 3.63. The zero-order chi connectivity index (χ0) is 15.4. The van der Waals surface area contributed by atoms with Crippen molar-refractivity contribution in [2.24, 2.45) is 5.92 Å². The molecule has 0 aliphatic carbocycles. The normalized spacial score (nSPS) is 17.1. The Kier molecular flexibility index (Phi) is 5.28. The first-order valence-electron chi connectivity index (χ1n) is 7.20. The highest BCUT2D eigenvalue weighted by molar-refractivity contribution is 7.99. The first kappa shape index (κ1) is 15.9. The van der Waals surface area contributed by atoms with Crippen molar-refractivity contribution in [1.82, 2.24) is 0 Å². The minimum absolute atomic E-state index is 0.0000406. The summed E-state index contributed by atoms with van der Waals surface area (Å²) >= 11 is 1.62. The molecule has 1 aliphatic heterocycles. The molecule has 21 heavy (non-hydrogen) atoms. The summed E-state index contributed by atoms with van der Waals surface area (Å²) in [5.74, 6) is 0.529. The molecule has 114 valence electrons. The number of hydrogen-bond donors (Lipinski definition) is 1. The van der Waals surface area contributed by atoms with Gasteiger partial charge in [0.15, 0.2) is 0 Å². The number of rotatable bonds is 6. The van der Waals surface area contributed by atoms with Crippen molar-refractivity contribution in [3.05, 3.63) is 29.8 Å². The number of carbonyl (C=O) groups excluding carboxylic acids is 1. The van der Waals surface area contributed by atoms with E-state index in [1.54, 1.807) is 22.7 Å². The molecule has 1 aromatic rings. The number of benzene rings is 1. The Balaban J connectivity index is 2.01. The summed E-state index contributed by atoms with van der Waals surface area (Å²) < 4.78 is 0. The Hall–Kier alpha value is -1.49. The number of aliphatic carboxylic acids is 1. The van der Waals surface area contributed by atoms with Crippen LogP contribution in [0.2, 0.25) is 0 Å². The molecule has 0 aromatic heterocycles. The van der Waals surface area contributed by atoms with Crippen LogP contribution in [0.4, 0.5) is 5.69 Å². The lowest BCUT2D eigenvalue weighted by Gasteiger charge is -2.17. The summed E-state index contributed by atoms with van der Waals surface area (Å²) in [5.41, 5.74) is 1.49. The molecule has 1 aromatic carbocycles. The van der Waals surface area contributed by atoms with E-state index in [1.807, 2.05) is 18.2 Å². The maximum absolute atomic E-state index is 12.3. The fourth-order valence-corrected chi connectivity index (χ4v) is 3.52. The largest absolute Gasteiger partial charge is 0.481 e. The Labute approximate surface area is 129 Å². The fraction of sp³-hybridized carbons (Fsp3) is 0.500. The van der Waals surface area contributed by atoms with E-state index in [0.29, 0.717) is 11.7 Å². The topological polar surface area (TPSA) is 57.6 Å². The average molecular weight is 307 g/mol. The molecule has 0 bridgehead atoms. The van der Waals surface area contributed by atoms with E-state index in [0.717, 1.165) is 23.4 Å². The number of thioether (sulfide) groups is 1. The molecular formula is C16H21NO3S. The maximum atomic E-state index is 12.3. The zero-order valence-corrected chi connectivity index (χ0v) is 13.2. The SMILES string of the molecule is CC(C)CCSCC(=O)N1CC(C(=O)O)c2ccccc21. The number of nitrogens with zero attached hydrogens (tertiary/aromatic N) is 1. The van der Waals surface area contributed by atoms with Crippen LogP contribution >= 0.6 is 11.8 Å². The van der Waals surface area contributed by atoms with E-state index in [4.69, 9.17) is 0 Å².